The van der Waals surface area contributed by atoms with Gasteiger partial charge in [0.2, 0.25) is 10.0 Å². The molecule has 0 bridgehead atoms. The summed E-state index contributed by atoms with van der Waals surface area (Å²) in [6.07, 6.45) is -2.13. The molecule has 4 aromatic carbocycles. The third-order valence-electron chi connectivity index (χ3n) is 9.58. The number of likely N-dealkylation sites (tertiary alicyclic amines) is 1. The van der Waals surface area contributed by atoms with E-state index in [1.165, 1.54) is 34.2 Å². The summed E-state index contributed by atoms with van der Waals surface area (Å²) in [5, 5.41) is 24.0. The van der Waals surface area contributed by atoms with Gasteiger partial charge in [0.05, 0.1) is 57.8 Å². The van der Waals surface area contributed by atoms with Crippen LogP contribution >= 0.6 is 22.6 Å². The van der Waals surface area contributed by atoms with E-state index in [-0.39, 0.29) is 49.8 Å². The lowest BCUT2D eigenvalue weighted by atomic mass is 10.1. The van der Waals surface area contributed by atoms with Gasteiger partial charge in [0.1, 0.15) is 27.7 Å². The maximum atomic E-state index is 15.8. The van der Waals surface area contributed by atoms with Crippen LogP contribution in [0.5, 0.6) is 17.2 Å². The fraction of sp³-hybridized carbons (Fsp3) is 0.350. The predicted octanol–water partition coefficient (Wildman–Crippen LogP) is 5.33. The molecule has 60 heavy (non-hydrogen) atoms. The molecule has 0 spiro atoms. The van der Waals surface area contributed by atoms with Gasteiger partial charge >= 0.3 is 6.09 Å². The highest BCUT2D eigenvalue weighted by atomic mass is 127. The number of ether oxygens (including phenoxy) is 4. The molecule has 1 saturated heterocycles. The fourth-order valence-corrected chi connectivity index (χ4v) is 10.1. The van der Waals surface area contributed by atoms with Crippen LogP contribution in [0.2, 0.25) is 0 Å². The fourth-order valence-electron chi connectivity index (χ4n) is 6.66. The smallest absolute Gasteiger partial charge is 0.410 e. The number of hydrogen-bond donors (Lipinski definition) is 2. The molecule has 5 aromatic rings. The van der Waals surface area contributed by atoms with Crippen LogP contribution in [0.15, 0.2) is 89.8 Å². The number of carbonyl (C=O) groups is 1. The second-order valence-corrected chi connectivity index (χ2v) is 18.7. The van der Waals surface area contributed by atoms with E-state index in [0.29, 0.717) is 31.9 Å². The van der Waals surface area contributed by atoms with Crippen molar-refractivity contribution in [3.63, 3.8) is 0 Å². The minimum Gasteiger partial charge on any atom is -0.497 e. The Morgan fingerprint density at radius 2 is 1.37 bits per heavy atom. The quantitative estimate of drug-likeness (QED) is 0.101. The molecule has 0 aliphatic carbocycles. The van der Waals surface area contributed by atoms with Gasteiger partial charge in [-0.25, -0.2) is 22.1 Å². The number of aliphatic hydroxyl groups is 1. The minimum absolute atomic E-state index is 0.0491. The third-order valence-corrected chi connectivity index (χ3v) is 13.2. The van der Waals surface area contributed by atoms with Crippen LogP contribution < -0.4 is 18.5 Å². The summed E-state index contributed by atoms with van der Waals surface area (Å²) in [6.45, 7) is 4.42. The molecule has 320 valence electrons. The first-order valence-corrected chi connectivity index (χ1v) is 22.2. The second-order valence-electron chi connectivity index (χ2n) is 14.8. The minimum atomic E-state index is -4.75. The second kappa shape index (κ2) is 18.8. The Morgan fingerprint density at radius 1 is 0.850 bits per heavy atom. The van der Waals surface area contributed by atoms with Crippen molar-refractivity contribution in [3.8, 4) is 28.6 Å². The number of anilines is 1. The number of rotatable bonds is 15. The summed E-state index contributed by atoms with van der Waals surface area (Å²) < 4.78 is 81.9. The zero-order valence-corrected chi connectivity index (χ0v) is 37.5. The Hall–Kier alpha value is -4.87. The first-order chi connectivity index (χ1) is 28.5. The first kappa shape index (κ1) is 44.7. The molecule has 6 rings (SSSR count). The zero-order chi connectivity index (χ0) is 43.4. The van der Waals surface area contributed by atoms with E-state index in [2.05, 4.69) is 15.5 Å². The van der Waals surface area contributed by atoms with Gasteiger partial charge in [0.15, 0.2) is 5.82 Å². The highest BCUT2D eigenvalue weighted by Crippen LogP contribution is 2.42. The van der Waals surface area contributed by atoms with E-state index in [1.807, 2.05) is 34.7 Å². The standard InChI is InChI=1S/C40H46IN7O10S2/c1-40(2,3)58-39(50)45-24-34(35(49)25-45)48(59(51)52)33-20-19-32(41)36(38-42-43-44-47(38)23-28-11-17-31(57-6)18-12-28)37(33)60(53,54)46(21-26-7-13-29(55-4)14-8-26)22-27-9-15-30(56-5)16-10-27/h7-20,34-35,49H,21-25H2,1-6H3,(H,51,52)/t34-,35+/m1/s1. The van der Waals surface area contributed by atoms with Crippen molar-refractivity contribution in [2.24, 2.45) is 0 Å². The highest BCUT2D eigenvalue weighted by molar-refractivity contribution is 14.1. The summed E-state index contributed by atoms with van der Waals surface area (Å²) in [6, 6.07) is 22.8. The number of aromatic nitrogens is 4. The molecule has 0 radical (unpaired) electrons. The number of nitrogens with zero attached hydrogens (tertiary/aromatic N) is 7. The van der Waals surface area contributed by atoms with Crippen molar-refractivity contribution in [3.05, 3.63) is 105 Å². The third kappa shape index (κ3) is 10.2. The molecular formula is C40H46IN7O10S2. The Morgan fingerprint density at radius 3 is 1.85 bits per heavy atom. The number of β-amino-alcohol motifs (C(OH)–C–C–N with tert-alkyl or cyclic N) is 1. The molecule has 0 saturated carbocycles. The van der Waals surface area contributed by atoms with Crippen LogP contribution in [0.25, 0.3) is 11.4 Å². The average Bonchev–Trinajstić information content (AvgIpc) is 3.84. The number of aliphatic hydroxyl groups excluding tert-OH is 1. The normalized spacial score (nSPS) is 16.1. The number of amides is 1. The van der Waals surface area contributed by atoms with Gasteiger partial charge in [-0.15, -0.1) is 5.10 Å². The monoisotopic (exact) mass is 975 g/mol. The molecule has 20 heteroatoms. The van der Waals surface area contributed by atoms with Crippen molar-refractivity contribution in [1.82, 2.24) is 29.4 Å². The summed E-state index contributed by atoms with van der Waals surface area (Å²) in [5.74, 6) is 1.84. The maximum Gasteiger partial charge on any atom is 0.410 e. The Labute approximate surface area is 364 Å². The van der Waals surface area contributed by atoms with E-state index in [0.717, 1.165) is 9.87 Å². The number of hydrogen-bond acceptors (Lipinski definition) is 12. The topological polar surface area (TPSA) is 199 Å². The van der Waals surface area contributed by atoms with Crippen molar-refractivity contribution in [2.45, 2.75) is 63.0 Å². The lowest BCUT2D eigenvalue weighted by molar-refractivity contribution is 0.0270. The van der Waals surface area contributed by atoms with Gasteiger partial charge in [-0.2, -0.15) is 4.31 Å². The van der Waals surface area contributed by atoms with E-state index < -0.39 is 50.0 Å². The molecule has 1 fully saturated rings. The van der Waals surface area contributed by atoms with Gasteiger partial charge < -0.3 is 29.0 Å². The number of methoxy groups -OCH3 is 3. The first-order valence-electron chi connectivity index (χ1n) is 18.6. The maximum absolute atomic E-state index is 15.8. The Balaban J connectivity index is 1.56. The van der Waals surface area contributed by atoms with E-state index in [1.54, 1.807) is 94.6 Å². The molecule has 1 aliphatic heterocycles. The van der Waals surface area contributed by atoms with Crippen LogP contribution in [-0.2, 0) is 45.7 Å². The largest absolute Gasteiger partial charge is 0.497 e. The number of carbonyl (C=O) groups excluding carboxylic acids is 1. The van der Waals surface area contributed by atoms with Gasteiger partial charge in [0, 0.05) is 23.2 Å². The SMILES string of the molecule is COc1ccc(CN(Cc2ccc(OC)cc2)S(=O)(=O)c2c(N([C@@H]3CN(C(=O)OC(C)(C)C)C[C@@H]3O)S(=O)O)ccc(I)c2-c2nnnn2Cc2ccc(OC)cc2)cc1. The number of halogens is 1. The number of sulfonamides is 1. The molecule has 1 aromatic heterocycles. The lowest BCUT2D eigenvalue weighted by Crippen LogP contribution is -2.46. The predicted molar refractivity (Wildman–Crippen MR) is 231 cm³/mol. The van der Waals surface area contributed by atoms with Crippen molar-refractivity contribution < 1.29 is 46.0 Å². The number of benzene rings is 4. The molecule has 2 heterocycles. The summed E-state index contributed by atoms with van der Waals surface area (Å²) in [5.41, 5.74) is 0.970. The van der Waals surface area contributed by atoms with Crippen LogP contribution in [0.3, 0.4) is 0 Å². The van der Waals surface area contributed by atoms with E-state index >= 15 is 8.42 Å². The average molecular weight is 976 g/mol. The van der Waals surface area contributed by atoms with Crippen LogP contribution in [-0.4, -0.2) is 110 Å². The number of tetrazole rings is 1. The van der Waals surface area contributed by atoms with Crippen LogP contribution in [0, 0.1) is 3.57 Å². The lowest BCUT2D eigenvalue weighted by Gasteiger charge is -2.32. The molecule has 1 unspecified atom stereocenters. The summed E-state index contributed by atoms with van der Waals surface area (Å²) >= 11 is -0.952. The van der Waals surface area contributed by atoms with Gasteiger partial charge in [-0.05, 0) is 119 Å². The summed E-state index contributed by atoms with van der Waals surface area (Å²) in [7, 11) is -0.134. The van der Waals surface area contributed by atoms with Gasteiger partial charge in [-0.1, -0.05) is 36.4 Å². The highest BCUT2D eigenvalue weighted by Gasteiger charge is 2.45. The molecule has 17 nitrogen and oxygen atoms in total. The van der Waals surface area contributed by atoms with Gasteiger partial charge in [0.25, 0.3) is 11.3 Å². The van der Waals surface area contributed by atoms with E-state index in [4.69, 9.17) is 18.9 Å². The van der Waals surface area contributed by atoms with Gasteiger partial charge in [-0.3, -0.25) is 8.86 Å². The van der Waals surface area contributed by atoms with Crippen molar-refractivity contribution in [2.75, 3.05) is 38.7 Å². The molecule has 1 aliphatic rings. The Bertz CT molecular complexity index is 2360. The van der Waals surface area contributed by atoms with Crippen LogP contribution in [0.4, 0.5) is 10.5 Å². The Kier molecular flexibility index (Phi) is 14.0. The molecule has 3 atom stereocenters. The van der Waals surface area contributed by atoms with E-state index in [9.17, 15) is 18.7 Å². The molecule has 1 amide bonds. The zero-order valence-electron chi connectivity index (χ0n) is 33.8. The summed E-state index contributed by atoms with van der Waals surface area (Å²) in [4.78, 5) is 14.0. The van der Waals surface area contributed by atoms with Crippen molar-refractivity contribution in [1.29, 1.82) is 0 Å². The van der Waals surface area contributed by atoms with Crippen molar-refractivity contribution >= 4 is 55.7 Å². The molecule has 2 N–H and O–H groups in total. The molecular weight excluding hydrogens is 930 g/mol. The van der Waals surface area contributed by atoms with Crippen LogP contribution in [0.1, 0.15) is 37.5 Å².